The molecule has 5 aromatic rings. The number of carbonyl (C=O) groups excluding carboxylic acids is 2. The number of fused-ring (bicyclic) bond motifs is 2. The lowest BCUT2D eigenvalue weighted by Crippen LogP contribution is -2.50. The normalized spacial score (nSPS) is 21.4. The number of piperidine rings is 1. The van der Waals surface area contributed by atoms with E-state index in [1.54, 1.807) is 19.2 Å². The van der Waals surface area contributed by atoms with Gasteiger partial charge in [0.2, 0.25) is 5.91 Å². The summed E-state index contributed by atoms with van der Waals surface area (Å²) in [7, 11) is 3.53. The monoisotopic (exact) mass is 621 g/mol. The third-order valence-electron chi connectivity index (χ3n) is 9.56. The highest BCUT2D eigenvalue weighted by molar-refractivity contribution is 6.00. The van der Waals surface area contributed by atoms with Crippen LogP contribution in [0.2, 0.25) is 0 Å². The molecule has 3 atom stereocenters. The van der Waals surface area contributed by atoms with Gasteiger partial charge < -0.3 is 29.8 Å². The van der Waals surface area contributed by atoms with E-state index in [9.17, 15) is 14.0 Å². The first-order valence-electron chi connectivity index (χ1n) is 15.9. The number of carbonyl (C=O) groups is 2. The minimum Gasteiger partial charge on any atom is -0.494 e. The zero-order chi connectivity index (χ0) is 31.7. The molecule has 1 unspecified atom stereocenters. The summed E-state index contributed by atoms with van der Waals surface area (Å²) in [4.78, 5) is 36.5. The minimum atomic E-state index is -1.14. The van der Waals surface area contributed by atoms with E-state index in [-0.39, 0.29) is 30.8 Å². The number of rotatable bonds is 7. The molecule has 0 radical (unpaired) electrons. The SMILES string of the molecule is COc1cc(C(=O)N2C[C@H](N)C[C@@H](F)C2)cc2nc(-c3cc4ccc(-c5ccc(C6CC(=O)N6)cc5)nc4n3CC3CC3)n(C)c12. The summed E-state index contributed by atoms with van der Waals surface area (Å²) in [6, 6.07) is 17.7. The zero-order valence-electron chi connectivity index (χ0n) is 25.9. The Morgan fingerprint density at radius 3 is 2.57 bits per heavy atom. The van der Waals surface area contributed by atoms with Crippen LogP contribution in [0.5, 0.6) is 5.75 Å². The van der Waals surface area contributed by atoms with Crippen molar-refractivity contribution in [3.05, 3.63) is 65.7 Å². The molecule has 2 amide bonds. The molecule has 8 rings (SSSR count). The number of likely N-dealkylation sites (tertiary alicyclic amines) is 1. The molecule has 3 aromatic heterocycles. The molecule has 2 aromatic carbocycles. The topological polar surface area (TPSA) is 120 Å². The first-order valence-corrected chi connectivity index (χ1v) is 15.9. The summed E-state index contributed by atoms with van der Waals surface area (Å²) in [5, 5.41) is 3.95. The minimum absolute atomic E-state index is 0.0273. The summed E-state index contributed by atoms with van der Waals surface area (Å²) in [6.45, 7) is 1.17. The maximum absolute atomic E-state index is 14.3. The van der Waals surface area contributed by atoms with Gasteiger partial charge in [0.1, 0.15) is 23.1 Å². The number of hydrogen-bond acceptors (Lipinski definition) is 6. The van der Waals surface area contributed by atoms with E-state index in [4.69, 9.17) is 20.4 Å². The van der Waals surface area contributed by atoms with Crippen LogP contribution >= 0.6 is 0 Å². The number of nitrogens with one attached hydrogen (secondary N) is 1. The predicted octanol–water partition coefficient (Wildman–Crippen LogP) is 4.75. The molecule has 3 fully saturated rings. The van der Waals surface area contributed by atoms with Gasteiger partial charge >= 0.3 is 0 Å². The van der Waals surface area contributed by atoms with Gasteiger partial charge in [-0.25, -0.2) is 14.4 Å². The third kappa shape index (κ3) is 4.99. The summed E-state index contributed by atoms with van der Waals surface area (Å²) >= 11 is 0. The van der Waals surface area contributed by atoms with Crippen LogP contribution in [-0.2, 0) is 18.4 Å². The number of nitrogens with two attached hydrogens (primary N) is 1. The van der Waals surface area contributed by atoms with Gasteiger partial charge in [-0.3, -0.25) is 9.59 Å². The summed E-state index contributed by atoms with van der Waals surface area (Å²) in [5.41, 5.74) is 12.6. The highest BCUT2D eigenvalue weighted by Crippen LogP contribution is 2.38. The smallest absolute Gasteiger partial charge is 0.254 e. The van der Waals surface area contributed by atoms with E-state index >= 15 is 0 Å². The van der Waals surface area contributed by atoms with Crippen LogP contribution in [0, 0.1) is 5.92 Å². The van der Waals surface area contributed by atoms with Crippen molar-refractivity contribution in [1.82, 2.24) is 29.3 Å². The number of pyridine rings is 1. The maximum Gasteiger partial charge on any atom is 0.254 e. The molecular formula is C35H36FN7O3. The summed E-state index contributed by atoms with van der Waals surface area (Å²) in [6.07, 6.45) is 2.01. The fraction of sp³-hybridized carbons (Fsp3) is 0.371. The molecule has 5 heterocycles. The van der Waals surface area contributed by atoms with Crippen molar-refractivity contribution in [3.63, 3.8) is 0 Å². The Balaban J connectivity index is 1.19. The second-order valence-corrected chi connectivity index (χ2v) is 13.0. The van der Waals surface area contributed by atoms with E-state index in [1.807, 2.05) is 17.7 Å². The van der Waals surface area contributed by atoms with Gasteiger partial charge in [0, 0.05) is 42.7 Å². The number of aryl methyl sites for hydroxylation is 1. The van der Waals surface area contributed by atoms with Gasteiger partial charge in [-0.15, -0.1) is 0 Å². The number of halogens is 1. The lowest BCUT2D eigenvalue weighted by atomic mass is 9.96. The van der Waals surface area contributed by atoms with Crippen molar-refractivity contribution in [2.75, 3.05) is 20.2 Å². The standard InChI is InChI=1S/C35H36FN7O3/c1-41-32-28(11-23(13-30(32)46-2)35(45)42-17-24(36)14-25(37)18-42)40-34(41)29-12-22-9-10-26(39-33(22)43(29)16-19-3-4-19)20-5-7-21(8-6-20)27-15-31(44)38-27/h5-13,19,24-25,27H,3-4,14-18,37H2,1-2H3,(H,38,44)/t24-,25-,27?/m1/s1. The van der Waals surface area contributed by atoms with Gasteiger partial charge in [0.25, 0.3) is 5.91 Å². The maximum atomic E-state index is 14.3. The van der Waals surface area contributed by atoms with Crippen LogP contribution in [0.1, 0.15) is 47.6 Å². The van der Waals surface area contributed by atoms with Crippen LogP contribution in [-0.4, -0.2) is 68.2 Å². The van der Waals surface area contributed by atoms with Gasteiger partial charge in [-0.1, -0.05) is 24.3 Å². The number of ether oxygens (including phenoxy) is 1. The first-order chi connectivity index (χ1) is 22.2. The van der Waals surface area contributed by atoms with Crippen molar-refractivity contribution in [2.24, 2.45) is 18.7 Å². The number of nitrogens with zero attached hydrogens (tertiary/aromatic N) is 5. The molecule has 3 N–H and O–H groups in total. The number of β-lactam (4-membered cyclic amide) rings is 1. The molecule has 46 heavy (non-hydrogen) atoms. The molecule has 2 saturated heterocycles. The number of hydrogen-bond donors (Lipinski definition) is 2. The van der Waals surface area contributed by atoms with E-state index in [1.165, 1.54) is 17.7 Å². The van der Waals surface area contributed by atoms with E-state index in [0.717, 1.165) is 51.4 Å². The molecule has 0 spiro atoms. The molecule has 236 valence electrons. The highest BCUT2D eigenvalue weighted by Gasteiger charge is 2.31. The van der Waals surface area contributed by atoms with Gasteiger partial charge in [0.05, 0.1) is 43.0 Å². The molecule has 10 nitrogen and oxygen atoms in total. The molecule has 1 saturated carbocycles. The molecular weight excluding hydrogens is 585 g/mol. The number of benzene rings is 2. The fourth-order valence-electron chi connectivity index (χ4n) is 6.90. The Bertz CT molecular complexity index is 1990. The number of methoxy groups -OCH3 is 1. The first kappa shape index (κ1) is 28.7. The Kier molecular flexibility index (Phi) is 6.82. The van der Waals surface area contributed by atoms with Gasteiger partial charge in [0.15, 0.2) is 5.82 Å². The molecule has 1 aliphatic carbocycles. The fourth-order valence-corrected chi connectivity index (χ4v) is 6.90. The number of alkyl halides is 1. The van der Waals surface area contributed by atoms with Crippen molar-refractivity contribution < 1.29 is 18.7 Å². The Morgan fingerprint density at radius 1 is 1.09 bits per heavy atom. The Labute approximate surface area is 265 Å². The predicted molar refractivity (Wildman–Crippen MR) is 173 cm³/mol. The van der Waals surface area contributed by atoms with Crippen LogP contribution < -0.4 is 15.8 Å². The van der Waals surface area contributed by atoms with Crippen LogP contribution in [0.4, 0.5) is 4.39 Å². The number of aromatic nitrogens is 4. The average Bonchev–Trinajstić information content (AvgIpc) is 3.71. The lowest BCUT2D eigenvalue weighted by Gasteiger charge is -2.33. The van der Waals surface area contributed by atoms with Gasteiger partial charge in [-0.05, 0) is 61.1 Å². The van der Waals surface area contributed by atoms with Crippen molar-refractivity contribution in [3.8, 4) is 28.5 Å². The van der Waals surface area contributed by atoms with Crippen LogP contribution in [0.15, 0.2) is 54.6 Å². The quantitative estimate of drug-likeness (QED) is 0.253. The van der Waals surface area contributed by atoms with Crippen molar-refractivity contribution in [1.29, 1.82) is 0 Å². The van der Waals surface area contributed by atoms with E-state index in [2.05, 4.69) is 46.3 Å². The number of amides is 2. The van der Waals surface area contributed by atoms with E-state index in [0.29, 0.717) is 35.7 Å². The second kappa shape index (κ2) is 10.9. The lowest BCUT2D eigenvalue weighted by molar-refractivity contribution is -0.128. The average molecular weight is 622 g/mol. The molecule has 0 bridgehead atoms. The molecule has 3 aliphatic rings. The van der Waals surface area contributed by atoms with Crippen LogP contribution in [0.3, 0.4) is 0 Å². The zero-order valence-corrected chi connectivity index (χ0v) is 25.9. The van der Waals surface area contributed by atoms with Gasteiger partial charge in [-0.2, -0.15) is 0 Å². The Morgan fingerprint density at radius 2 is 1.87 bits per heavy atom. The highest BCUT2D eigenvalue weighted by atomic mass is 19.1. The molecule has 2 aliphatic heterocycles. The van der Waals surface area contributed by atoms with E-state index < -0.39 is 12.2 Å². The van der Waals surface area contributed by atoms with Crippen molar-refractivity contribution in [2.45, 2.75) is 50.5 Å². The largest absolute Gasteiger partial charge is 0.494 e. The third-order valence-corrected chi connectivity index (χ3v) is 9.56. The molecule has 11 heteroatoms. The second-order valence-electron chi connectivity index (χ2n) is 13.0. The van der Waals surface area contributed by atoms with Crippen LogP contribution in [0.25, 0.3) is 44.8 Å². The number of imidazole rings is 1. The van der Waals surface area contributed by atoms with Crippen molar-refractivity contribution >= 4 is 33.9 Å². The summed E-state index contributed by atoms with van der Waals surface area (Å²) < 4.78 is 24.3. The summed E-state index contributed by atoms with van der Waals surface area (Å²) in [5.74, 6) is 1.65. The Hall–Kier alpha value is -4.77.